The molecule has 0 bridgehead atoms. The van der Waals surface area contributed by atoms with Gasteiger partial charge in [-0.1, -0.05) is 12.1 Å². The van der Waals surface area contributed by atoms with Crippen molar-refractivity contribution in [2.45, 2.75) is 13.1 Å². The van der Waals surface area contributed by atoms with Gasteiger partial charge < -0.3 is 9.73 Å². The zero-order valence-electron chi connectivity index (χ0n) is 15.4. The molecular weight excluding hydrogens is 419 g/mol. The van der Waals surface area contributed by atoms with Gasteiger partial charge >= 0.3 is 12.2 Å². The van der Waals surface area contributed by atoms with Crippen LogP contribution in [0.1, 0.15) is 11.3 Å². The molecule has 154 valence electrons. The fourth-order valence-electron chi connectivity index (χ4n) is 2.74. The summed E-state index contributed by atoms with van der Waals surface area (Å²) in [5.74, 6) is 0.840. The first-order valence-corrected chi connectivity index (χ1v) is 9.50. The number of urea groups is 1. The molecule has 4 aromatic rings. The molecule has 2 amide bonds. The molecule has 0 spiro atoms. The Morgan fingerprint density at radius 1 is 1.17 bits per heavy atom. The lowest BCUT2D eigenvalue weighted by Gasteiger charge is -2.14. The van der Waals surface area contributed by atoms with Crippen LogP contribution < -0.4 is 10.6 Å². The third-order valence-corrected chi connectivity index (χ3v) is 4.82. The molecule has 0 saturated heterocycles. The van der Waals surface area contributed by atoms with Crippen molar-refractivity contribution in [2.24, 2.45) is 0 Å². The van der Waals surface area contributed by atoms with Crippen LogP contribution >= 0.6 is 11.3 Å². The van der Waals surface area contributed by atoms with E-state index in [1.807, 2.05) is 0 Å². The number of nitrogens with one attached hydrogen (secondary N) is 2. The summed E-state index contributed by atoms with van der Waals surface area (Å²) in [5, 5.41) is 11.3. The van der Waals surface area contributed by atoms with Gasteiger partial charge in [-0.15, -0.1) is 11.3 Å². The molecule has 2 N–H and O–H groups in total. The Morgan fingerprint density at radius 2 is 1.97 bits per heavy atom. The zero-order chi connectivity index (χ0) is 21.3. The van der Waals surface area contributed by atoms with Gasteiger partial charge in [0.05, 0.1) is 23.2 Å². The molecular formula is C19H14F3N5O2S. The highest BCUT2D eigenvalue weighted by molar-refractivity contribution is 7.12. The summed E-state index contributed by atoms with van der Waals surface area (Å²) in [6.45, 7) is 1.72. The number of furan rings is 1. The average molecular weight is 433 g/mol. The van der Waals surface area contributed by atoms with Crippen molar-refractivity contribution < 1.29 is 22.4 Å². The number of halogens is 3. The van der Waals surface area contributed by atoms with E-state index in [1.54, 1.807) is 30.5 Å². The highest BCUT2D eigenvalue weighted by atomic mass is 32.1. The fraction of sp³-hybridized carbons (Fsp3) is 0.105. The molecule has 0 aliphatic carbocycles. The number of hydrogen-bond acceptors (Lipinski definition) is 5. The van der Waals surface area contributed by atoms with Crippen molar-refractivity contribution in [1.82, 2.24) is 14.8 Å². The van der Waals surface area contributed by atoms with Crippen LogP contribution in [0.5, 0.6) is 0 Å². The van der Waals surface area contributed by atoms with E-state index in [1.165, 1.54) is 40.5 Å². The molecule has 0 radical (unpaired) electrons. The van der Waals surface area contributed by atoms with Crippen LogP contribution in [0.25, 0.3) is 16.6 Å². The molecule has 3 aromatic heterocycles. The Labute approximate surface area is 172 Å². The van der Waals surface area contributed by atoms with E-state index < -0.39 is 17.8 Å². The standard InChI is InChI=1S/C19H14F3N5O2S/c1-11-9-16(25-17(28)23-13-6-3-2-5-12(13)19(20,21)22)27(26-11)18-24-14(10-30-18)15-7-4-8-29-15/h2-10H,1H3,(H2,23,25,28). The molecule has 4 rings (SSSR count). The molecule has 0 saturated carbocycles. The smallest absolute Gasteiger partial charge is 0.418 e. The number of anilines is 2. The minimum atomic E-state index is -4.59. The van der Waals surface area contributed by atoms with E-state index in [-0.39, 0.29) is 11.5 Å². The topological polar surface area (TPSA) is 85.0 Å². The lowest BCUT2D eigenvalue weighted by Crippen LogP contribution is -2.23. The van der Waals surface area contributed by atoms with E-state index in [2.05, 4.69) is 20.7 Å². The van der Waals surface area contributed by atoms with E-state index in [4.69, 9.17) is 4.42 Å². The van der Waals surface area contributed by atoms with Gasteiger partial charge in [0.15, 0.2) is 5.76 Å². The van der Waals surface area contributed by atoms with E-state index in [0.29, 0.717) is 22.3 Å². The molecule has 0 aliphatic heterocycles. The van der Waals surface area contributed by atoms with Crippen molar-refractivity contribution in [1.29, 1.82) is 0 Å². The highest BCUT2D eigenvalue weighted by Gasteiger charge is 2.33. The normalized spacial score (nSPS) is 11.5. The molecule has 30 heavy (non-hydrogen) atoms. The molecule has 1 aromatic carbocycles. The number of alkyl halides is 3. The van der Waals surface area contributed by atoms with Crippen LogP contribution in [0.15, 0.2) is 58.5 Å². The molecule has 0 aliphatic rings. The number of benzene rings is 1. The lowest BCUT2D eigenvalue weighted by atomic mass is 10.1. The van der Waals surface area contributed by atoms with E-state index in [0.717, 1.165) is 6.07 Å². The van der Waals surface area contributed by atoms with Crippen molar-refractivity contribution in [2.75, 3.05) is 10.6 Å². The van der Waals surface area contributed by atoms with Gasteiger partial charge in [-0.05, 0) is 31.2 Å². The van der Waals surface area contributed by atoms with Crippen molar-refractivity contribution >= 4 is 28.9 Å². The Hall–Kier alpha value is -3.60. The van der Waals surface area contributed by atoms with Gasteiger partial charge in [0.1, 0.15) is 11.5 Å². The second-order valence-electron chi connectivity index (χ2n) is 6.20. The predicted molar refractivity (Wildman–Crippen MR) is 106 cm³/mol. The first-order valence-electron chi connectivity index (χ1n) is 8.62. The van der Waals surface area contributed by atoms with Gasteiger partial charge in [0.2, 0.25) is 5.13 Å². The Kier molecular flexibility index (Phi) is 5.04. The number of para-hydroxylation sites is 1. The summed E-state index contributed by atoms with van der Waals surface area (Å²) in [4.78, 5) is 16.8. The van der Waals surface area contributed by atoms with Crippen LogP contribution in [0, 0.1) is 6.92 Å². The van der Waals surface area contributed by atoms with Crippen LogP contribution in [-0.4, -0.2) is 20.8 Å². The molecule has 0 atom stereocenters. The van der Waals surface area contributed by atoms with Gasteiger partial charge in [0.25, 0.3) is 0 Å². The highest BCUT2D eigenvalue weighted by Crippen LogP contribution is 2.34. The first-order chi connectivity index (χ1) is 14.3. The van der Waals surface area contributed by atoms with Crippen LogP contribution in [0.4, 0.5) is 29.5 Å². The second kappa shape index (κ2) is 7.67. The maximum Gasteiger partial charge on any atom is 0.418 e. The minimum absolute atomic E-state index is 0.259. The predicted octanol–water partition coefficient (Wildman–Crippen LogP) is 5.56. The number of nitrogens with zero attached hydrogens (tertiary/aromatic N) is 3. The zero-order valence-corrected chi connectivity index (χ0v) is 16.2. The maximum absolute atomic E-state index is 13.1. The second-order valence-corrected chi connectivity index (χ2v) is 7.03. The molecule has 0 unspecified atom stereocenters. The number of carbonyl (C=O) groups excluding carboxylic acids is 1. The van der Waals surface area contributed by atoms with Crippen LogP contribution in [0.3, 0.4) is 0 Å². The first kappa shape index (κ1) is 19.7. The Balaban J connectivity index is 1.56. The molecule has 11 heteroatoms. The van der Waals surface area contributed by atoms with Crippen molar-refractivity contribution in [3.05, 3.63) is 65.4 Å². The Morgan fingerprint density at radius 3 is 2.70 bits per heavy atom. The van der Waals surface area contributed by atoms with E-state index in [9.17, 15) is 18.0 Å². The summed E-state index contributed by atoms with van der Waals surface area (Å²) in [7, 11) is 0. The molecule has 0 fully saturated rings. The fourth-order valence-corrected chi connectivity index (χ4v) is 3.52. The number of hydrogen-bond donors (Lipinski definition) is 2. The number of thiazole rings is 1. The third-order valence-electron chi connectivity index (χ3n) is 4.00. The number of carbonyl (C=O) groups is 1. The van der Waals surface area contributed by atoms with Crippen LogP contribution in [0.2, 0.25) is 0 Å². The SMILES string of the molecule is Cc1cc(NC(=O)Nc2ccccc2C(F)(F)F)n(-c2nc(-c3ccco3)cs2)n1. The summed E-state index contributed by atoms with van der Waals surface area (Å²) in [5.41, 5.74) is -0.0918. The summed E-state index contributed by atoms with van der Waals surface area (Å²) in [6.07, 6.45) is -3.06. The van der Waals surface area contributed by atoms with Gasteiger partial charge in [-0.3, -0.25) is 5.32 Å². The van der Waals surface area contributed by atoms with Gasteiger partial charge in [0, 0.05) is 11.4 Å². The van der Waals surface area contributed by atoms with E-state index >= 15 is 0 Å². The average Bonchev–Trinajstić information content (AvgIpc) is 3.41. The van der Waals surface area contributed by atoms with Crippen molar-refractivity contribution in [3.8, 4) is 16.6 Å². The summed E-state index contributed by atoms with van der Waals surface area (Å²) in [6, 6.07) is 8.99. The maximum atomic E-state index is 13.1. The van der Waals surface area contributed by atoms with Gasteiger partial charge in [-0.25, -0.2) is 9.78 Å². The number of aryl methyl sites for hydroxylation is 1. The minimum Gasteiger partial charge on any atom is -0.463 e. The van der Waals surface area contributed by atoms with Crippen molar-refractivity contribution in [3.63, 3.8) is 0 Å². The third kappa shape index (κ3) is 4.06. The largest absolute Gasteiger partial charge is 0.463 e. The van der Waals surface area contributed by atoms with Crippen LogP contribution in [-0.2, 0) is 6.18 Å². The number of rotatable bonds is 4. The lowest BCUT2D eigenvalue weighted by molar-refractivity contribution is -0.136. The number of aromatic nitrogens is 3. The summed E-state index contributed by atoms with van der Waals surface area (Å²) < 4.78 is 46.1. The molecule has 7 nitrogen and oxygen atoms in total. The molecule has 3 heterocycles. The monoisotopic (exact) mass is 433 g/mol. The summed E-state index contributed by atoms with van der Waals surface area (Å²) >= 11 is 1.27. The quantitative estimate of drug-likeness (QED) is 0.441. The van der Waals surface area contributed by atoms with Gasteiger partial charge in [-0.2, -0.15) is 23.0 Å². The number of amides is 2. The Bertz CT molecular complexity index is 1180.